The summed E-state index contributed by atoms with van der Waals surface area (Å²) in [7, 11) is 0. The van der Waals surface area contributed by atoms with Gasteiger partial charge in [0.1, 0.15) is 5.69 Å². The number of carbonyl (C=O) groups excluding carboxylic acids is 1. The number of hydrogen-bond donors (Lipinski definition) is 0. The summed E-state index contributed by atoms with van der Waals surface area (Å²) in [5, 5.41) is 8.75. The number of hydrogen-bond acceptors (Lipinski definition) is 6. The summed E-state index contributed by atoms with van der Waals surface area (Å²) >= 11 is 1.62. The Morgan fingerprint density at radius 1 is 1.33 bits per heavy atom. The van der Waals surface area contributed by atoms with Crippen LogP contribution in [0.25, 0.3) is 16.6 Å². The van der Waals surface area contributed by atoms with Crippen molar-refractivity contribution in [2.45, 2.75) is 25.7 Å². The molecule has 0 amide bonds. The van der Waals surface area contributed by atoms with Crippen molar-refractivity contribution in [2.75, 3.05) is 0 Å². The van der Waals surface area contributed by atoms with Crippen molar-refractivity contribution < 1.29 is 9.21 Å². The highest BCUT2D eigenvalue weighted by molar-refractivity contribution is 7.14. The van der Waals surface area contributed by atoms with Crippen LogP contribution in [0.2, 0.25) is 0 Å². The van der Waals surface area contributed by atoms with E-state index in [0.717, 1.165) is 23.7 Å². The van der Waals surface area contributed by atoms with Gasteiger partial charge >= 0.3 is 0 Å². The van der Waals surface area contributed by atoms with Gasteiger partial charge in [0.15, 0.2) is 17.7 Å². The average molecular weight is 300 g/mol. The second kappa shape index (κ2) is 4.92. The predicted molar refractivity (Wildman–Crippen MR) is 76.8 cm³/mol. The molecule has 21 heavy (non-hydrogen) atoms. The number of nitrogens with zero attached hydrogens (tertiary/aromatic N) is 4. The smallest absolute Gasteiger partial charge is 0.212 e. The van der Waals surface area contributed by atoms with Crippen LogP contribution in [0.5, 0.6) is 0 Å². The van der Waals surface area contributed by atoms with Crippen molar-refractivity contribution in [1.82, 2.24) is 20.0 Å². The van der Waals surface area contributed by atoms with Crippen LogP contribution < -0.4 is 0 Å². The van der Waals surface area contributed by atoms with Gasteiger partial charge in [0.2, 0.25) is 5.13 Å². The molecule has 0 N–H and O–H groups in total. The predicted octanol–water partition coefficient (Wildman–Crippen LogP) is 2.68. The quantitative estimate of drug-likeness (QED) is 0.695. The van der Waals surface area contributed by atoms with Crippen LogP contribution in [0, 0.1) is 0 Å². The third-order valence-electron chi connectivity index (χ3n) is 3.58. The molecule has 0 saturated heterocycles. The number of aldehydes is 1. The minimum absolute atomic E-state index is 0.262. The Morgan fingerprint density at radius 2 is 2.24 bits per heavy atom. The number of furan rings is 1. The third-order valence-corrected chi connectivity index (χ3v) is 4.71. The summed E-state index contributed by atoms with van der Waals surface area (Å²) in [6.07, 6.45) is 6.72. The molecular weight excluding hydrogens is 288 g/mol. The molecule has 0 unspecified atom stereocenters. The van der Waals surface area contributed by atoms with E-state index in [0.29, 0.717) is 17.7 Å². The third kappa shape index (κ3) is 2.01. The SMILES string of the molecule is O=Cc1nnn(-c2nc3c(s2)CCCC3)c1-c1ccco1. The zero-order valence-corrected chi connectivity index (χ0v) is 12.0. The number of fused-ring (bicyclic) bond motifs is 1. The highest BCUT2D eigenvalue weighted by Gasteiger charge is 2.22. The van der Waals surface area contributed by atoms with E-state index in [4.69, 9.17) is 4.42 Å². The molecule has 7 heteroatoms. The number of thiazole rings is 1. The lowest BCUT2D eigenvalue weighted by Gasteiger charge is -2.06. The number of aryl methyl sites for hydroxylation is 2. The van der Waals surface area contributed by atoms with Gasteiger partial charge in [-0.1, -0.05) is 16.6 Å². The van der Waals surface area contributed by atoms with E-state index in [2.05, 4.69) is 15.3 Å². The summed E-state index contributed by atoms with van der Waals surface area (Å²) in [5.74, 6) is 0.565. The Morgan fingerprint density at radius 3 is 3.00 bits per heavy atom. The van der Waals surface area contributed by atoms with E-state index in [-0.39, 0.29) is 5.69 Å². The molecule has 4 rings (SSSR count). The number of rotatable bonds is 3. The van der Waals surface area contributed by atoms with Crippen LogP contribution in [-0.4, -0.2) is 26.3 Å². The van der Waals surface area contributed by atoms with E-state index in [1.54, 1.807) is 34.4 Å². The van der Waals surface area contributed by atoms with Gasteiger partial charge in [-0.2, -0.15) is 4.68 Å². The number of carbonyl (C=O) groups is 1. The van der Waals surface area contributed by atoms with E-state index in [1.807, 2.05) is 0 Å². The molecule has 0 fully saturated rings. The molecule has 0 saturated carbocycles. The minimum atomic E-state index is 0.262. The first-order chi connectivity index (χ1) is 10.4. The fourth-order valence-corrected chi connectivity index (χ4v) is 3.68. The first-order valence-electron chi connectivity index (χ1n) is 6.80. The fourth-order valence-electron chi connectivity index (χ4n) is 2.58. The average Bonchev–Trinajstić information content (AvgIpc) is 3.23. The Bertz CT molecular complexity index is 765. The maximum absolute atomic E-state index is 11.2. The number of aromatic nitrogens is 4. The Labute approximate surface area is 124 Å². The minimum Gasteiger partial charge on any atom is -0.463 e. The zero-order chi connectivity index (χ0) is 14.2. The van der Waals surface area contributed by atoms with E-state index in [9.17, 15) is 4.79 Å². The maximum Gasteiger partial charge on any atom is 0.212 e. The molecule has 3 aromatic heterocycles. The standard InChI is InChI=1S/C14H12N4O2S/c19-8-10-13(11-5-3-7-20-11)18(17-16-10)14-15-9-4-1-2-6-12(9)21-14/h3,5,7-8H,1-2,4,6H2. The Hall–Kier alpha value is -2.28. The van der Waals surface area contributed by atoms with E-state index in [1.165, 1.54) is 17.7 Å². The molecule has 0 radical (unpaired) electrons. The van der Waals surface area contributed by atoms with E-state index < -0.39 is 0 Å². The summed E-state index contributed by atoms with van der Waals surface area (Å²) < 4.78 is 7.00. The lowest BCUT2D eigenvalue weighted by Crippen LogP contribution is -2.01. The van der Waals surface area contributed by atoms with Crippen LogP contribution in [-0.2, 0) is 12.8 Å². The highest BCUT2D eigenvalue weighted by Crippen LogP contribution is 2.31. The van der Waals surface area contributed by atoms with Gasteiger partial charge in [-0.15, -0.1) is 5.10 Å². The van der Waals surface area contributed by atoms with Gasteiger partial charge in [0, 0.05) is 4.88 Å². The van der Waals surface area contributed by atoms with Crippen LogP contribution in [0.3, 0.4) is 0 Å². The molecule has 3 aromatic rings. The second-order valence-electron chi connectivity index (χ2n) is 4.90. The van der Waals surface area contributed by atoms with Crippen molar-refractivity contribution in [2.24, 2.45) is 0 Å². The monoisotopic (exact) mass is 300 g/mol. The van der Waals surface area contributed by atoms with Crippen molar-refractivity contribution in [3.8, 4) is 16.6 Å². The van der Waals surface area contributed by atoms with Crippen molar-refractivity contribution >= 4 is 17.6 Å². The van der Waals surface area contributed by atoms with Gasteiger partial charge in [-0.25, -0.2) is 4.98 Å². The van der Waals surface area contributed by atoms with Crippen molar-refractivity contribution in [3.05, 3.63) is 34.7 Å². The molecule has 106 valence electrons. The Kier molecular flexibility index (Phi) is 2.92. The molecule has 3 heterocycles. The van der Waals surface area contributed by atoms with Gasteiger partial charge in [-0.05, 0) is 37.8 Å². The first-order valence-corrected chi connectivity index (χ1v) is 7.62. The molecule has 0 bridgehead atoms. The van der Waals surface area contributed by atoms with E-state index >= 15 is 0 Å². The first kappa shape index (κ1) is 12.5. The summed E-state index contributed by atoms with van der Waals surface area (Å²) in [5.41, 5.74) is 1.97. The second-order valence-corrected chi connectivity index (χ2v) is 5.97. The molecular formula is C14H12N4O2S. The summed E-state index contributed by atoms with van der Waals surface area (Å²) in [6, 6.07) is 3.56. The van der Waals surface area contributed by atoms with Gasteiger partial charge in [0.25, 0.3) is 0 Å². The van der Waals surface area contributed by atoms with Gasteiger partial charge in [0.05, 0.1) is 12.0 Å². The largest absolute Gasteiger partial charge is 0.463 e. The zero-order valence-electron chi connectivity index (χ0n) is 11.2. The van der Waals surface area contributed by atoms with Crippen molar-refractivity contribution in [3.63, 3.8) is 0 Å². The highest BCUT2D eigenvalue weighted by atomic mass is 32.1. The molecule has 1 aliphatic rings. The molecule has 0 spiro atoms. The normalized spacial score (nSPS) is 14.1. The van der Waals surface area contributed by atoms with Gasteiger partial charge in [-0.3, -0.25) is 4.79 Å². The van der Waals surface area contributed by atoms with Crippen LogP contribution in [0.1, 0.15) is 33.9 Å². The molecule has 0 aromatic carbocycles. The fraction of sp³-hybridized carbons (Fsp3) is 0.286. The lowest BCUT2D eigenvalue weighted by atomic mass is 10.0. The lowest BCUT2D eigenvalue weighted by molar-refractivity contribution is 0.111. The maximum atomic E-state index is 11.2. The van der Waals surface area contributed by atoms with Crippen molar-refractivity contribution in [1.29, 1.82) is 0 Å². The van der Waals surface area contributed by atoms with Crippen LogP contribution >= 0.6 is 11.3 Å². The molecule has 1 aliphatic carbocycles. The molecule has 0 atom stereocenters. The van der Waals surface area contributed by atoms with Crippen LogP contribution in [0.15, 0.2) is 22.8 Å². The topological polar surface area (TPSA) is 73.8 Å². The van der Waals surface area contributed by atoms with Gasteiger partial charge < -0.3 is 4.42 Å². The molecule has 6 nitrogen and oxygen atoms in total. The summed E-state index contributed by atoms with van der Waals surface area (Å²) in [6.45, 7) is 0. The van der Waals surface area contributed by atoms with Crippen LogP contribution in [0.4, 0.5) is 0 Å². The Balaban J connectivity index is 1.87. The molecule has 0 aliphatic heterocycles. The summed E-state index contributed by atoms with van der Waals surface area (Å²) in [4.78, 5) is 17.2.